The van der Waals surface area contributed by atoms with E-state index in [1.807, 2.05) is 6.07 Å². The molecule has 5 nitrogen and oxygen atoms in total. The molecule has 1 aromatic carbocycles. The maximum atomic E-state index is 12.3. The van der Waals surface area contributed by atoms with Crippen LogP contribution < -0.4 is 14.8 Å². The number of ether oxygens (including phenoxy) is 2. The lowest BCUT2D eigenvalue weighted by Gasteiger charge is -2.09. The number of amides is 1. The van der Waals surface area contributed by atoms with E-state index in [1.165, 1.54) is 22.3 Å². The molecular formula is C20H20N2O3S. The molecule has 0 radical (unpaired) electrons. The molecule has 1 aliphatic carbocycles. The van der Waals surface area contributed by atoms with Gasteiger partial charge in [-0.05, 0) is 55.0 Å². The predicted molar refractivity (Wildman–Crippen MR) is 103 cm³/mol. The second-order valence-corrected chi connectivity index (χ2v) is 7.07. The Morgan fingerprint density at radius 3 is 2.73 bits per heavy atom. The number of hydrogen-bond acceptors (Lipinski definition) is 5. The highest BCUT2D eigenvalue weighted by Gasteiger charge is 2.21. The number of nitriles is 1. The molecule has 0 unspecified atom stereocenters. The lowest BCUT2D eigenvalue weighted by Crippen LogP contribution is -2.07. The third kappa shape index (κ3) is 3.73. The van der Waals surface area contributed by atoms with Crippen molar-refractivity contribution in [3.05, 3.63) is 45.8 Å². The molecule has 1 heterocycles. The fraction of sp³-hybridized carbons (Fsp3) is 0.300. The summed E-state index contributed by atoms with van der Waals surface area (Å²) in [4.78, 5) is 13.5. The number of fused-ring (bicyclic) bond motifs is 1. The highest BCUT2D eigenvalue weighted by Crippen LogP contribution is 2.37. The Balaban J connectivity index is 1.74. The molecular weight excluding hydrogens is 348 g/mol. The van der Waals surface area contributed by atoms with E-state index in [0.29, 0.717) is 22.1 Å². The maximum absolute atomic E-state index is 12.3. The molecule has 1 aromatic heterocycles. The van der Waals surface area contributed by atoms with Crippen LogP contribution >= 0.6 is 11.3 Å². The molecule has 1 amide bonds. The van der Waals surface area contributed by atoms with E-state index in [0.717, 1.165) is 36.8 Å². The minimum atomic E-state index is -0.255. The summed E-state index contributed by atoms with van der Waals surface area (Å²) in [7, 11) is 3.15. The molecule has 0 spiro atoms. The summed E-state index contributed by atoms with van der Waals surface area (Å²) in [5.74, 6) is 0.986. The molecule has 0 atom stereocenters. The van der Waals surface area contributed by atoms with Crippen LogP contribution in [0.5, 0.6) is 11.5 Å². The minimum Gasteiger partial charge on any atom is -0.493 e. The van der Waals surface area contributed by atoms with E-state index >= 15 is 0 Å². The smallest absolute Gasteiger partial charge is 0.249 e. The summed E-state index contributed by atoms with van der Waals surface area (Å²) in [6, 6.07) is 7.68. The van der Waals surface area contributed by atoms with Crippen LogP contribution in [-0.2, 0) is 17.6 Å². The summed E-state index contributed by atoms with van der Waals surface area (Å²) in [6.07, 6.45) is 7.33. The Kier molecular flexibility index (Phi) is 5.59. The first-order chi connectivity index (χ1) is 12.7. The van der Waals surface area contributed by atoms with Gasteiger partial charge >= 0.3 is 0 Å². The minimum absolute atomic E-state index is 0.255. The van der Waals surface area contributed by atoms with Gasteiger partial charge in [-0.1, -0.05) is 6.07 Å². The molecule has 0 bridgehead atoms. The molecule has 0 saturated carbocycles. The Morgan fingerprint density at radius 2 is 2.00 bits per heavy atom. The summed E-state index contributed by atoms with van der Waals surface area (Å²) in [6.45, 7) is 0. The SMILES string of the molecule is COc1ccc(/C=C/C(=O)Nc2sc3c(c2C#N)CCCC3)cc1OC. The van der Waals surface area contributed by atoms with E-state index in [2.05, 4.69) is 11.4 Å². The van der Waals surface area contributed by atoms with Crippen LogP contribution in [0.2, 0.25) is 0 Å². The highest BCUT2D eigenvalue weighted by molar-refractivity contribution is 7.16. The molecule has 1 N–H and O–H groups in total. The Labute approximate surface area is 156 Å². The van der Waals surface area contributed by atoms with Crippen LogP contribution in [0, 0.1) is 11.3 Å². The van der Waals surface area contributed by atoms with Gasteiger partial charge in [0.1, 0.15) is 11.1 Å². The number of anilines is 1. The van der Waals surface area contributed by atoms with E-state index in [-0.39, 0.29) is 5.91 Å². The Morgan fingerprint density at radius 1 is 1.23 bits per heavy atom. The van der Waals surface area contributed by atoms with Gasteiger partial charge in [0.15, 0.2) is 11.5 Å². The quantitative estimate of drug-likeness (QED) is 0.804. The number of aryl methyl sites for hydroxylation is 1. The van der Waals surface area contributed by atoms with Gasteiger partial charge in [-0.15, -0.1) is 11.3 Å². The number of nitrogens with zero attached hydrogens (tertiary/aromatic N) is 1. The van der Waals surface area contributed by atoms with E-state index in [9.17, 15) is 10.1 Å². The number of benzene rings is 1. The van der Waals surface area contributed by atoms with Crippen LogP contribution in [-0.4, -0.2) is 20.1 Å². The molecule has 2 aromatic rings. The average molecular weight is 368 g/mol. The second-order valence-electron chi connectivity index (χ2n) is 5.96. The number of methoxy groups -OCH3 is 2. The van der Waals surface area contributed by atoms with E-state index < -0.39 is 0 Å². The lowest BCUT2D eigenvalue weighted by molar-refractivity contribution is -0.111. The van der Waals surface area contributed by atoms with Crippen molar-refractivity contribution in [1.29, 1.82) is 5.26 Å². The monoisotopic (exact) mass is 368 g/mol. The molecule has 6 heteroatoms. The van der Waals surface area contributed by atoms with Gasteiger partial charge in [-0.2, -0.15) is 5.26 Å². The number of carbonyl (C=O) groups excluding carboxylic acids is 1. The highest BCUT2D eigenvalue weighted by atomic mass is 32.1. The number of carbonyl (C=O) groups is 1. The fourth-order valence-electron chi connectivity index (χ4n) is 3.05. The summed E-state index contributed by atoms with van der Waals surface area (Å²) < 4.78 is 10.5. The first-order valence-electron chi connectivity index (χ1n) is 8.42. The molecule has 1 aliphatic rings. The van der Waals surface area contributed by atoms with Crippen LogP contribution in [0.1, 0.15) is 34.4 Å². The van der Waals surface area contributed by atoms with Gasteiger partial charge in [-0.3, -0.25) is 4.79 Å². The van der Waals surface area contributed by atoms with Crippen molar-refractivity contribution in [3.8, 4) is 17.6 Å². The maximum Gasteiger partial charge on any atom is 0.249 e. The summed E-state index contributed by atoms with van der Waals surface area (Å²) in [5, 5.41) is 13.0. The second kappa shape index (κ2) is 8.07. The van der Waals surface area contributed by atoms with Gasteiger partial charge in [0.25, 0.3) is 0 Å². The molecule has 0 aliphatic heterocycles. The lowest BCUT2D eigenvalue weighted by atomic mass is 9.96. The fourth-order valence-corrected chi connectivity index (χ4v) is 4.30. The third-order valence-corrected chi connectivity index (χ3v) is 5.56. The number of nitrogens with one attached hydrogen (secondary N) is 1. The van der Waals surface area contributed by atoms with Crippen molar-refractivity contribution in [2.24, 2.45) is 0 Å². The average Bonchev–Trinajstić information content (AvgIpc) is 3.02. The van der Waals surface area contributed by atoms with Crippen molar-refractivity contribution in [2.75, 3.05) is 19.5 Å². The zero-order valence-corrected chi connectivity index (χ0v) is 15.6. The van der Waals surface area contributed by atoms with Crippen molar-refractivity contribution in [3.63, 3.8) is 0 Å². The van der Waals surface area contributed by atoms with Gasteiger partial charge < -0.3 is 14.8 Å². The molecule has 0 saturated heterocycles. The third-order valence-electron chi connectivity index (χ3n) is 4.35. The topological polar surface area (TPSA) is 71.3 Å². The van der Waals surface area contributed by atoms with Gasteiger partial charge in [0, 0.05) is 11.0 Å². The van der Waals surface area contributed by atoms with Crippen molar-refractivity contribution in [2.45, 2.75) is 25.7 Å². The van der Waals surface area contributed by atoms with Gasteiger partial charge in [0.2, 0.25) is 5.91 Å². The van der Waals surface area contributed by atoms with Gasteiger partial charge in [-0.25, -0.2) is 0 Å². The van der Waals surface area contributed by atoms with E-state index in [4.69, 9.17) is 9.47 Å². The van der Waals surface area contributed by atoms with Gasteiger partial charge in [0.05, 0.1) is 19.8 Å². The predicted octanol–water partition coefficient (Wildman–Crippen LogP) is 4.17. The van der Waals surface area contributed by atoms with Crippen LogP contribution in [0.3, 0.4) is 0 Å². The number of thiophene rings is 1. The van der Waals surface area contributed by atoms with Crippen LogP contribution in [0.15, 0.2) is 24.3 Å². The first kappa shape index (κ1) is 18.0. The summed E-state index contributed by atoms with van der Waals surface area (Å²) in [5.41, 5.74) is 2.56. The Hall–Kier alpha value is -2.78. The van der Waals surface area contributed by atoms with E-state index in [1.54, 1.807) is 32.4 Å². The van der Waals surface area contributed by atoms with Crippen molar-refractivity contribution >= 4 is 28.3 Å². The zero-order valence-electron chi connectivity index (χ0n) is 14.8. The molecule has 26 heavy (non-hydrogen) atoms. The summed E-state index contributed by atoms with van der Waals surface area (Å²) >= 11 is 1.52. The standard InChI is InChI=1S/C20H20N2O3S/c1-24-16-9-7-13(11-17(16)25-2)8-10-19(23)22-20-15(12-21)14-5-3-4-6-18(14)26-20/h7-11H,3-6H2,1-2H3,(H,22,23)/b10-8+. The Bertz CT molecular complexity index is 893. The number of hydrogen-bond donors (Lipinski definition) is 1. The van der Waals surface area contributed by atoms with Crippen molar-refractivity contribution < 1.29 is 14.3 Å². The van der Waals surface area contributed by atoms with Crippen LogP contribution in [0.25, 0.3) is 6.08 Å². The normalized spacial score (nSPS) is 13.1. The number of rotatable bonds is 5. The zero-order chi connectivity index (χ0) is 18.5. The molecule has 0 fully saturated rings. The first-order valence-corrected chi connectivity index (χ1v) is 9.23. The molecule has 134 valence electrons. The largest absolute Gasteiger partial charge is 0.493 e. The van der Waals surface area contributed by atoms with Crippen molar-refractivity contribution in [1.82, 2.24) is 0 Å². The molecule has 3 rings (SSSR count). The van der Waals surface area contributed by atoms with Crippen LogP contribution in [0.4, 0.5) is 5.00 Å².